The number of ether oxygens (including phenoxy) is 3. The SMILES string of the molecule is CCCCCCCC/C=C/CCCCCCCC(=O)OCC(COP(=O)([O-])OCC[N+](C)(C)C)OC(=O)CCC(=O)O[C@H]1CC[C@@]2(C)C(=CC[C@H]3[C@@H]4CC[C@H]([C@H](C)CCCC(C)C)[C@@]4(C)CC[C@@H]32)C1. The monoisotopic (exact) mass is 990 g/mol. The second-order valence-corrected chi connectivity index (χ2v) is 25.3. The number of nitrogens with zero attached hydrogens (tertiary/aromatic N) is 1. The molecule has 0 bridgehead atoms. The first-order valence-corrected chi connectivity index (χ1v) is 29.5. The van der Waals surface area contributed by atoms with Crippen molar-refractivity contribution in [2.75, 3.05) is 47.5 Å². The molecule has 11 nitrogen and oxygen atoms in total. The summed E-state index contributed by atoms with van der Waals surface area (Å²) in [5.74, 6) is 2.92. The van der Waals surface area contributed by atoms with Gasteiger partial charge in [-0.1, -0.05) is 136 Å². The van der Waals surface area contributed by atoms with Crippen LogP contribution in [0.4, 0.5) is 0 Å². The van der Waals surface area contributed by atoms with Crippen molar-refractivity contribution in [3.05, 3.63) is 23.8 Å². The van der Waals surface area contributed by atoms with E-state index in [0.29, 0.717) is 28.8 Å². The Hall–Kier alpha value is -2.04. The molecule has 0 N–H and O–H groups in total. The van der Waals surface area contributed by atoms with Crippen molar-refractivity contribution in [1.82, 2.24) is 0 Å². The van der Waals surface area contributed by atoms with Gasteiger partial charge in [0.1, 0.15) is 25.9 Å². The Morgan fingerprint density at radius 2 is 1.43 bits per heavy atom. The van der Waals surface area contributed by atoms with Crippen molar-refractivity contribution in [3.63, 3.8) is 0 Å². The molecule has 69 heavy (non-hydrogen) atoms. The number of carbonyl (C=O) groups excluding carboxylic acids is 3. The van der Waals surface area contributed by atoms with Crippen molar-refractivity contribution in [1.29, 1.82) is 0 Å². The van der Waals surface area contributed by atoms with E-state index >= 15 is 0 Å². The number of esters is 3. The number of rotatable bonds is 34. The molecule has 3 saturated carbocycles. The number of unbranched alkanes of at least 4 members (excludes halogenated alkanes) is 11. The van der Waals surface area contributed by atoms with E-state index in [1.807, 2.05) is 21.1 Å². The van der Waals surface area contributed by atoms with Crippen LogP contribution in [-0.4, -0.2) is 82.1 Å². The van der Waals surface area contributed by atoms with Gasteiger partial charge in [-0.25, -0.2) is 0 Å². The summed E-state index contributed by atoms with van der Waals surface area (Å²) in [6, 6.07) is 0. The van der Waals surface area contributed by atoms with E-state index in [-0.39, 0.29) is 44.0 Å². The van der Waals surface area contributed by atoms with Gasteiger partial charge in [0, 0.05) is 12.8 Å². The summed E-state index contributed by atoms with van der Waals surface area (Å²) in [6.07, 6.45) is 33.4. The van der Waals surface area contributed by atoms with E-state index in [0.717, 1.165) is 93.8 Å². The summed E-state index contributed by atoms with van der Waals surface area (Å²) in [5, 5.41) is 0. The molecule has 398 valence electrons. The molecule has 2 unspecified atom stereocenters. The smallest absolute Gasteiger partial charge is 0.306 e. The Bertz CT molecular complexity index is 1660. The molecule has 0 amide bonds. The Kier molecular flexibility index (Phi) is 25.5. The minimum atomic E-state index is -4.74. The first kappa shape index (κ1) is 59.5. The summed E-state index contributed by atoms with van der Waals surface area (Å²) < 4.78 is 40.2. The second-order valence-electron chi connectivity index (χ2n) is 23.9. The topological polar surface area (TPSA) is 137 Å². The molecule has 12 heteroatoms. The highest BCUT2D eigenvalue weighted by molar-refractivity contribution is 7.45. The van der Waals surface area contributed by atoms with E-state index in [9.17, 15) is 23.8 Å². The first-order valence-electron chi connectivity index (χ1n) is 28.1. The normalized spacial score (nSPS) is 27.5. The lowest BCUT2D eigenvalue weighted by atomic mass is 9.47. The average molecular weight is 990 g/mol. The fourth-order valence-electron chi connectivity index (χ4n) is 12.8. The van der Waals surface area contributed by atoms with E-state index in [2.05, 4.69) is 59.8 Å². The molecule has 3 fully saturated rings. The number of likely N-dealkylation sites (N-methyl/N-ethyl adjacent to an activating group) is 1. The molecule has 4 rings (SSSR count). The van der Waals surface area contributed by atoms with Crippen LogP contribution in [0.1, 0.15) is 215 Å². The lowest BCUT2D eigenvalue weighted by Gasteiger charge is -2.58. The van der Waals surface area contributed by atoms with Crippen molar-refractivity contribution in [2.45, 2.75) is 227 Å². The summed E-state index contributed by atoms with van der Waals surface area (Å²) >= 11 is 0. The van der Waals surface area contributed by atoms with Gasteiger partial charge < -0.3 is 32.6 Å². The molecule has 10 atom stereocenters. The van der Waals surface area contributed by atoms with Crippen LogP contribution in [0.3, 0.4) is 0 Å². The van der Waals surface area contributed by atoms with Crippen LogP contribution in [0.5, 0.6) is 0 Å². The number of allylic oxidation sites excluding steroid dienone is 3. The van der Waals surface area contributed by atoms with E-state index < -0.39 is 38.4 Å². The Morgan fingerprint density at radius 1 is 0.768 bits per heavy atom. The molecule has 0 heterocycles. The Labute approximate surface area is 420 Å². The molecule has 4 aliphatic rings. The Morgan fingerprint density at radius 3 is 2.12 bits per heavy atom. The quantitative estimate of drug-likeness (QED) is 0.0153. The van der Waals surface area contributed by atoms with E-state index in [4.69, 9.17) is 23.3 Å². The van der Waals surface area contributed by atoms with E-state index in [1.165, 1.54) is 89.0 Å². The lowest BCUT2D eigenvalue weighted by molar-refractivity contribution is -0.870. The van der Waals surface area contributed by atoms with Gasteiger partial charge in [-0.2, -0.15) is 0 Å². The van der Waals surface area contributed by atoms with Crippen LogP contribution >= 0.6 is 7.82 Å². The molecule has 0 saturated heterocycles. The van der Waals surface area contributed by atoms with Gasteiger partial charge in [-0.3, -0.25) is 18.9 Å². The fraction of sp³-hybridized carbons (Fsp3) is 0.877. The molecule has 0 aliphatic heterocycles. The predicted octanol–water partition coefficient (Wildman–Crippen LogP) is 13.4. The molecule has 4 aliphatic carbocycles. The van der Waals surface area contributed by atoms with Gasteiger partial charge in [0.15, 0.2) is 6.10 Å². The number of carbonyl (C=O) groups is 3. The maximum Gasteiger partial charge on any atom is 0.306 e. The van der Waals surface area contributed by atoms with Gasteiger partial charge >= 0.3 is 17.9 Å². The van der Waals surface area contributed by atoms with Gasteiger partial charge in [0.2, 0.25) is 0 Å². The molecular weight excluding hydrogens is 890 g/mol. The van der Waals surface area contributed by atoms with Crippen LogP contribution in [0.15, 0.2) is 23.8 Å². The third-order valence-corrected chi connectivity index (χ3v) is 17.9. The summed E-state index contributed by atoms with van der Waals surface area (Å²) in [6.45, 7) is 13.9. The van der Waals surface area contributed by atoms with Crippen LogP contribution in [0.2, 0.25) is 0 Å². The van der Waals surface area contributed by atoms with E-state index in [1.54, 1.807) is 0 Å². The Balaban J connectivity index is 1.19. The number of hydrogen-bond donors (Lipinski definition) is 0. The average Bonchev–Trinajstić information content (AvgIpc) is 3.64. The molecule has 0 spiro atoms. The third kappa shape index (κ3) is 20.4. The molecule has 0 aromatic heterocycles. The van der Waals surface area contributed by atoms with Gasteiger partial charge in [-0.05, 0) is 123 Å². The number of fused-ring (bicyclic) bond motifs is 5. The first-order chi connectivity index (χ1) is 32.8. The van der Waals surface area contributed by atoms with Crippen LogP contribution < -0.4 is 4.89 Å². The predicted molar refractivity (Wildman–Crippen MR) is 275 cm³/mol. The molecular formula is C57H100NO10P. The summed E-state index contributed by atoms with van der Waals surface area (Å²) in [7, 11) is 0.993. The summed E-state index contributed by atoms with van der Waals surface area (Å²) in [5.41, 5.74) is 2.01. The largest absolute Gasteiger partial charge is 0.756 e. The molecule has 0 radical (unpaired) electrons. The minimum Gasteiger partial charge on any atom is -0.756 e. The van der Waals surface area contributed by atoms with Crippen molar-refractivity contribution >= 4 is 25.7 Å². The zero-order valence-corrected chi connectivity index (χ0v) is 46.1. The zero-order chi connectivity index (χ0) is 50.5. The highest BCUT2D eigenvalue weighted by Crippen LogP contribution is 2.67. The van der Waals surface area contributed by atoms with Crippen molar-refractivity contribution in [3.8, 4) is 0 Å². The van der Waals surface area contributed by atoms with Gasteiger partial charge in [0.25, 0.3) is 7.82 Å². The number of phosphoric acid groups is 1. The molecule has 0 aromatic rings. The zero-order valence-electron chi connectivity index (χ0n) is 45.2. The number of hydrogen-bond acceptors (Lipinski definition) is 10. The highest BCUT2D eigenvalue weighted by Gasteiger charge is 2.59. The number of phosphoric ester groups is 1. The van der Waals surface area contributed by atoms with Gasteiger partial charge in [-0.15, -0.1) is 0 Å². The second kappa shape index (κ2) is 29.6. The van der Waals surface area contributed by atoms with Gasteiger partial charge in [0.05, 0.1) is 40.6 Å². The molecule has 0 aromatic carbocycles. The third-order valence-electron chi connectivity index (χ3n) is 16.9. The lowest BCUT2D eigenvalue weighted by Crippen LogP contribution is -2.51. The van der Waals surface area contributed by atoms with Crippen molar-refractivity contribution < 1.29 is 51.6 Å². The van der Waals surface area contributed by atoms with Crippen LogP contribution in [-0.2, 0) is 42.2 Å². The highest BCUT2D eigenvalue weighted by atomic mass is 31.2. The minimum absolute atomic E-state index is 0.0843. The summed E-state index contributed by atoms with van der Waals surface area (Å²) in [4.78, 5) is 51.6. The van der Waals surface area contributed by atoms with Crippen LogP contribution in [0.25, 0.3) is 0 Å². The maximum absolute atomic E-state index is 13.2. The maximum atomic E-state index is 13.2. The standard InChI is InChI=1S/C57H100NO10P/c1-10-11-12-13-14-15-16-17-18-19-20-21-22-23-24-28-53(59)64-42-48(43-66-69(62,63)65-40-39-58(7,8)9)68-55(61)34-33-54(60)67-47-35-37-56(5)46(41-47)29-30-49-51-32-31-50(45(4)27-25-26-44(2)3)57(51,6)38-36-52(49)56/h17-18,29,44-45,47-52H,10-16,19-28,30-43H2,1-9H3/b18-17+/t45-,47+,48?,49+,50-,51+,52+,56+,57-/m1/s1. The van der Waals surface area contributed by atoms with Crippen LogP contribution in [0, 0.1) is 46.3 Å². The number of quaternary nitrogens is 1. The fourth-order valence-corrected chi connectivity index (χ4v) is 13.5. The van der Waals surface area contributed by atoms with Crippen molar-refractivity contribution in [2.24, 2.45) is 46.3 Å².